The molecule has 0 radical (unpaired) electrons. The molecule has 4 heteroatoms. The van der Waals surface area contributed by atoms with E-state index >= 15 is 0 Å². The quantitative estimate of drug-likeness (QED) is 0.421. The second-order valence-electron chi connectivity index (χ2n) is 15.2. The maximum Gasteiger partial charge on any atom is 0.106 e. The van der Waals surface area contributed by atoms with Gasteiger partial charge in [0.15, 0.2) is 0 Å². The van der Waals surface area contributed by atoms with Crippen molar-refractivity contribution in [2.24, 2.45) is 50.2 Å². The molecule has 3 nitrogen and oxygen atoms in total. The van der Waals surface area contributed by atoms with Gasteiger partial charge in [-0.1, -0.05) is 60.1 Å². The number of rotatable bonds is 2. The van der Waals surface area contributed by atoms with E-state index in [1.807, 2.05) is 0 Å². The Morgan fingerprint density at radius 3 is 2.26 bits per heavy atom. The van der Waals surface area contributed by atoms with Crippen LogP contribution in [0.15, 0.2) is 11.6 Å². The van der Waals surface area contributed by atoms with Crippen molar-refractivity contribution in [1.82, 2.24) is 0 Å². The van der Waals surface area contributed by atoms with Crippen LogP contribution in [-0.2, 0) is 4.94 Å². The Hall–Kier alpha value is -0.450. The summed E-state index contributed by atoms with van der Waals surface area (Å²) in [5.74, 6) is 1.23. The zero-order valence-corrected chi connectivity index (χ0v) is 22.7. The second kappa shape index (κ2) is 7.54. The fourth-order valence-electron chi connectivity index (χ4n) is 10.8. The van der Waals surface area contributed by atoms with Crippen LogP contribution in [0, 0.1) is 50.2 Å². The van der Waals surface area contributed by atoms with Gasteiger partial charge in [0.05, 0.1) is 12.7 Å². The highest BCUT2D eigenvalue weighted by atomic mass is 19.3. The molecule has 0 aromatic carbocycles. The van der Waals surface area contributed by atoms with E-state index in [1.165, 1.54) is 6.42 Å². The summed E-state index contributed by atoms with van der Waals surface area (Å²) in [7, 11) is 0. The molecule has 0 aromatic heterocycles. The van der Waals surface area contributed by atoms with E-state index in [0.717, 1.165) is 44.9 Å². The molecular weight excluding hydrogens is 427 g/mol. The largest absolute Gasteiger partial charge is 0.396 e. The molecule has 3 unspecified atom stereocenters. The molecule has 194 valence electrons. The van der Waals surface area contributed by atoms with Gasteiger partial charge in [0.2, 0.25) is 0 Å². The van der Waals surface area contributed by atoms with Crippen LogP contribution in [0.4, 0.5) is 4.53 Å². The molecule has 10 atom stereocenters. The molecular formula is C30H49FO3. The van der Waals surface area contributed by atoms with Crippen LogP contribution >= 0.6 is 0 Å². The minimum Gasteiger partial charge on any atom is -0.396 e. The number of aliphatic hydroxyl groups excluding tert-OH is 2. The van der Waals surface area contributed by atoms with E-state index in [1.54, 1.807) is 5.57 Å². The summed E-state index contributed by atoms with van der Waals surface area (Å²) >= 11 is 0. The standard InChI is InChI=1S/C30H49FO3/c1-25(2)16-20-19-8-9-22-27(4)12-11-24(34-31)28(5,18-32)21(27)10-13-30(22,7)29(19,6)15-14-26(20,3)23(33)17-25/h8,20-24,32-33H,9-18H2,1-7H3/t20?,21?,22?,23-,24+,26-,27+,28-,29-,30-/m1/s1. The summed E-state index contributed by atoms with van der Waals surface area (Å²) in [6, 6.07) is 0. The molecule has 2 N–H and O–H groups in total. The summed E-state index contributed by atoms with van der Waals surface area (Å²) in [4.78, 5) is 4.46. The van der Waals surface area contributed by atoms with Crippen LogP contribution in [0.5, 0.6) is 0 Å². The van der Waals surface area contributed by atoms with E-state index < -0.39 is 11.5 Å². The Kier molecular flexibility index (Phi) is 5.59. The predicted octanol–water partition coefficient (Wildman–Crippen LogP) is 7.02. The van der Waals surface area contributed by atoms with Gasteiger partial charge in [0.25, 0.3) is 0 Å². The Bertz CT molecular complexity index is 869. The van der Waals surface area contributed by atoms with Crippen LogP contribution in [-0.4, -0.2) is 29.0 Å². The summed E-state index contributed by atoms with van der Waals surface area (Å²) in [5, 5.41) is 21.8. The Morgan fingerprint density at radius 2 is 1.62 bits per heavy atom. The first kappa shape index (κ1) is 25.2. The van der Waals surface area contributed by atoms with Gasteiger partial charge in [-0.05, 0) is 102 Å². The number of aliphatic hydroxyl groups is 2. The summed E-state index contributed by atoms with van der Waals surface area (Å²) in [6.07, 6.45) is 11.0. The van der Waals surface area contributed by atoms with Crippen molar-refractivity contribution in [3.05, 3.63) is 11.6 Å². The van der Waals surface area contributed by atoms with Crippen LogP contribution in [0.25, 0.3) is 0 Å². The van der Waals surface area contributed by atoms with Gasteiger partial charge in [0.1, 0.15) is 6.10 Å². The molecule has 0 spiro atoms. The van der Waals surface area contributed by atoms with Gasteiger partial charge < -0.3 is 10.2 Å². The van der Waals surface area contributed by atoms with Crippen LogP contribution < -0.4 is 0 Å². The van der Waals surface area contributed by atoms with E-state index in [2.05, 4.69) is 59.5 Å². The van der Waals surface area contributed by atoms with Crippen molar-refractivity contribution >= 4 is 0 Å². The molecule has 0 saturated heterocycles. The normalized spacial score (nSPS) is 56.4. The fourth-order valence-corrected chi connectivity index (χ4v) is 10.8. The molecule has 34 heavy (non-hydrogen) atoms. The minimum absolute atomic E-state index is 0.0167. The van der Waals surface area contributed by atoms with E-state index in [9.17, 15) is 14.7 Å². The minimum atomic E-state index is -0.531. The van der Waals surface area contributed by atoms with Crippen molar-refractivity contribution in [3.63, 3.8) is 0 Å². The Labute approximate surface area is 206 Å². The zero-order chi connectivity index (χ0) is 24.9. The summed E-state index contributed by atoms with van der Waals surface area (Å²) in [6.45, 7) is 16.6. The lowest BCUT2D eigenvalue weighted by molar-refractivity contribution is -0.281. The lowest BCUT2D eigenvalue weighted by Gasteiger charge is -2.71. The monoisotopic (exact) mass is 476 g/mol. The summed E-state index contributed by atoms with van der Waals surface area (Å²) < 4.78 is 13.6. The molecule has 0 heterocycles. The number of hydrogen-bond donors (Lipinski definition) is 2. The van der Waals surface area contributed by atoms with E-state index in [4.69, 9.17) is 0 Å². The third kappa shape index (κ3) is 2.97. The summed E-state index contributed by atoms with van der Waals surface area (Å²) in [5.41, 5.74) is 1.63. The van der Waals surface area contributed by atoms with E-state index in [0.29, 0.717) is 18.3 Å². The highest BCUT2D eigenvalue weighted by molar-refractivity contribution is 5.34. The van der Waals surface area contributed by atoms with Gasteiger partial charge in [-0.3, -0.25) is 0 Å². The first-order valence-electron chi connectivity index (χ1n) is 14.0. The van der Waals surface area contributed by atoms with Crippen molar-refractivity contribution in [2.75, 3.05) is 6.61 Å². The van der Waals surface area contributed by atoms with Gasteiger partial charge in [0, 0.05) is 10.8 Å². The smallest absolute Gasteiger partial charge is 0.106 e. The molecule has 0 amide bonds. The second-order valence-corrected chi connectivity index (χ2v) is 15.2. The predicted molar refractivity (Wildman–Crippen MR) is 133 cm³/mol. The molecule has 4 fully saturated rings. The number of halogens is 1. The first-order chi connectivity index (χ1) is 15.7. The third-order valence-corrected chi connectivity index (χ3v) is 13.3. The van der Waals surface area contributed by atoms with Gasteiger partial charge >= 0.3 is 0 Å². The van der Waals surface area contributed by atoms with Gasteiger partial charge in [-0.25, -0.2) is 0 Å². The number of allylic oxidation sites excluding steroid dienone is 2. The van der Waals surface area contributed by atoms with Crippen molar-refractivity contribution < 1.29 is 19.7 Å². The molecule has 0 aromatic rings. The molecule has 0 bridgehead atoms. The van der Waals surface area contributed by atoms with Gasteiger partial charge in [-0.2, -0.15) is 4.94 Å². The molecule has 4 saturated carbocycles. The maximum absolute atomic E-state index is 13.6. The SMILES string of the molecule is CC1(C)CC2C3=CCC4[C@@]5(C)CC[C@H](OF)[C@](C)(CO)C5CC[C@@]4(C)[C@]3(C)CC[C@@]2(C)[C@H](O)C1. The maximum atomic E-state index is 13.6. The average Bonchev–Trinajstić information content (AvgIpc) is 2.75. The first-order valence-corrected chi connectivity index (χ1v) is 14.0. The molecule has 5 aliphatic rings. The topological polar surface area (TPSA) is 49.7 Å². The molecule has 5 aliphatic carbocycles. The third-order valence-electron chi connectivity index (χ3n) is 13.3. The average molecular weight is 477 g/mol. The van der Waals surface area contributed by atoms with Crippen LogP contribution in [0.2, 0.25) is 0 Å². The Balaban J connectivity index is 1.57. The zero-order valence-electron chi connectivity index (χ0n) is 22.7. The highest BCUT2D eigenvalue weighted by Gasteiger charge is 2.69. The van der Waals surface area contributed by atoms with Crippen LogP contribution in [0.1, 0.15) is 106 Å². The van der Waals surface area contributed by atoms with Crippen molar-refractivity contribution in [1.29, 1.82) is 0 Å². The van der Waals surface area contributed by atoms with Crippen LogP contribution in [0.3, 0.4) is 0 Å². The lowest BCUT2D eigenvalue weighted by Crippen LogP contribution is -2.66. The number of fused-ring (bicyclic) bond motifs is 7. The van der Waals surface area contributed by atoms with E-state index in [-0.39, 0.29) is 45.7 Å². The lowest BCUT2D eigenvalue weighted by atomic mass is 9.33. The Morgan fingerprint density at radius 1 is 0.912 bits per heavy atom. The van der Waals surface area contributed by atoms with Crippen molar-refractivity contribution in [2.45, 2.75) is 118 Å². The highest BCUT2D eigenvalue weighted by Crippen LogP contribution is 2.75. The number of hydrogen-bond acceptors (Lipinski definition) is 3. The van der Waals surface area contributed by atoms with Crippen molar-refractivity contribution in [3.8, 4) is 0 Å². The van der Waals surface area contributed by atoms with Gasteiger partial charge in [-0.15, -0.1) is 0 Å². The fraction of sp³-hybridized carbons (Fsp3) is 0.933. The molecule has 5 rings (SSSR count). The molecule has 0 aliphatic heterocycles.